The second kappa shape index (κ2) is 4.96. The molecule has 3 heterocycles. The minimum Gasteiger partial charge on any atom is -0.346 e. The van der Waals surface area contributed by atoms with Crippen molar-refractivity contribution in [3.05, 3.63) is 48.4 Å². The number of aromatic nitrogens is 3. The number of H-pyrrole nitrogens is 1. The zero-order valence-electron chi connectivity index (χ0n) is 12.2. The topological polar surface area (TPSA) is 65.4 Å². The van der Waals surface area contributed by atoms with E-state index in [1.54, 1.807) is 6.20 Å². The third-order valence-electron chi connectivity index (χ3n) is 4.65. The quantitative estimate of drug-likeness (QED) is 0.776. The first-order valence-electron chi connectivity index (χ1n) is 7.64. The number of fused-ring (bicyclic) bond motifs is 1. The molecule has 3 aromatic heterocycles. The Balaban J connectivity index is 1.86. The van der Waals surface area contributed by atoms with E-state index < -0.39 is 5.41 Å². The van der Waals surface area contributed by atoms with E-state index in [2.05, 4.69) is 16.0 Å². The first-order chi connectivity index (χ1) is 10.8. The van der Waals surface area contributed by atoms with E-state index in [0.717, 1.165) is 53.7 Å². The number of pyridine rings is 2. The normalized spacial score (nSPS) is 16.7. The van der Waals surface area contributed by atoms with Crippen molar-refractivity contribution >= 4 is 11.0 Å². The van der Waals surface area contributed by atoms with Gasteiger partial charge in [0.1, 0.15) is 5.65 Å². The molecule has 0 aromatic carbocycles. The predicted octanol–water partition coefficient (Wildman–Crippen LogP) is 3.96. The van der Waals surface area contributed by atoms with Crippen LogP contribution in [0.1, 0.15) is 31.4 Å². The van der Waals surface area contributed by atoms with E-state index in [0.29, 0.717) is 0 Å². The first kappa shape index (κ1) is 13.0. The van der Waals surface area contributed by atoms with Gasteiger partial charge in [0.05, 0.1) is 22.9 Å². The van der Waals surface area contributed by atoms with Crippen molar-refractivity contribution in [2.24, 2.45) is 0 Å². The molecular weight excluding hydrogens is 272 g/mol. The van der Waals surface area contributed by atoms with Gasteiger partial charge in [-0.3, -0.25) is 4.98 Å². The molecule has 22 heavy (non-hydrogen) atoms. The van der Waals surface area contributed by atoms with E-state index in [9.17, 15) is 5.26 Å². The average molecular weight is 288 g/mol. The van der Waals surface area contributed by atoms with Gasteiger partial charge in [0.25, 0.3) is 0 Å². The first-order valence-corrected chi connectivity index (χ1v) is 7.64. The van der Waals surface area contributed by atoms with Crippen LogP contribution >= 0.6 is 0 Å². The van der Waals surface area contributed by atoms with Crippen molar-refractivity contribution in [2.45, 2.75) is 31.1 Å². The van der Waals surface area contributed by atoms with E-state index in [-0.39, 0.29) is 0 Å². The summed E-state index contributed by atoms with van der Waals surface area (Å²) in [5, 5.41) is 10.7. The number of hydrogen-bond donors (Lipinski definition) is 1. The van der Waals surface area contributed by atoms with Crippen molar-refractivity contribution in [1.82, 2.24) is 15.0 Å². The van der Waals surface area contributed by atoms with Gasteiger partial charge in [0.2, 0.25) is 0 Å². The lowest BCUT2D eigenvalue weighted by atomic mass is 9.84. The maximum Gasteiger partial charge on any atom is 0.137 e. The summed E-state index contributed by atoms with van der Waals surface area (Å²) in [6.07, 6.45) is 7.72. The predicted molar refractivity (Wildman–Crippen MR) is 85.1 cm³/mol. The Morgan fingerprint density at radius 2 is 2.00 bits per heavy atom. The summed E-state index contributed by atoms with van der Waals surface area (Å²) < 4.78 is 0. The van der Waals surface area contributed by atoms with Crippen LogP contribution in [0.15, 0.2) is 42.7 Å². The number of hydrogen-bond acceptors (Lipinski definition) is 3. The monoisotopic (exact) mass is 288 g/mol. The standard InChI is InChI=1S/C18H16N4/c19-12-18(8-1-2-9-18)16-5-3-4-15(22-16)13-6-10-20-17-14(13)7-11-21-17/h3-7,10-11H,1-2,8-9H2,(H,20,21). The molecule has 0 bridgehead atoms. The lowest BCUT2D eigenvalue weighted by Crippen LogP contribution is -2.21. The summed E-state index contributed by atoms with van der Waals surface area (Å²) in [5.41, 5.74) is 3.33. The van der Waals surface area contributed by atoms with Gasteiger partial charge >= 0.3 is 0 Å². The molecule has 0 spiro atoms. The fourth-order valence-corrected chi connectivity index (χ4v) is 3.44. The van der Waals surface area contributed by atoms with Crippen LogP contribution in [0, 0.1) is 11.3 Å². The van der Waals surface area contributed by atoms with Gasteiger partial charge in [-0.2, -0.15) is 5.26 Å². The Kier molecular flexibility index (Phi) is 2.93. The lowest BCUT2D eigenvalue weighted by Gasteiger charge is -2.20. The van der Waals surface area contributed by atoms with Gasteiger partial charge in [0, 0.05) is 23.3 Å². The molecule has 4 nitrogen and oxygen atoms in total. The van der Waals surface area contributed by atoms with Gasteiger partial charge in [-0.05, 0) is 37.1 Å². The second-order valence-electron chi connectivity index (χ2n) is 5.91. The summed E-state index contributed by atoms with van der Waals surface area (Å²) >= 11 is 0. The molecule has 108 valence electrons. The molecular formula is C18H16N4. The van der Waals surface area contributed by atoms with Crippen LogP contribution in [0.4, 0.5) is 0 Å². The average Bonchev–Trinajstić information content (AvgIpc) is 3.24. The maximum absolute atomic E-state index is 9.67. The molecule has 0 radical (unpaired) electrons. The van der Waals surface area contributed by atoms with E-state index in [1.165, 1.54) is 0 Å². The van der Waals surface area contributed by atoms with Crippen LogP contribution in [-0.2, 0) is 5.41 Å². The maximum atomic E-state index is 9.67. The molecule has 1 fully saturated rings. The molecule has 1 N–H and O–H groups in total. The highest BCUT2D eigenvalue weighted by atomic mass is 14.8. The van der Waals surface area contributed by atoms with Gasteiger partial charge < -0.3 is 4.98 Å². The number of aromatic amines is 1. The van der Waals surface area contributed by atoms with Crippen LogP contribution in [-0.4, -0.2) is 15.0 Å². The Morgan fingerprint density at radius 1 is 1.14 bits per heavy atom. The third kappa shape index (κ3) is 1.90. The molecule has 0 unspecified atom stereocenters. The number of nitrogens with zero attached hydrogens (tertiary/aromatic N) is 3. The highest BCUT2D eigenvalue weighted by Gasteiger charge is 2.37. The molecule has 1 aliphatic carbocycles. The minimum atomic E-state index is -0.402. The van der Waals surface area contributed by atoms with Crippen molar-refractivity contribution in [3.63, 3.8) is 0 Å². The van der Waals surface area contributed by atoms with Crippen LogP contribution in [0.25, 0.3) is 22.3 Å². The van der Waals surface area contributed by atoms with Crippen LogP contribution in [0.5, 0.6) is 0 Å². The van der Waals surface area contributed by atoms with E-state index >= 15 is 0 Å². The molecule has 0 atom stereocenters. The summed E-state index contributed by atoms with van der Waals surface area (Å²) in [5.74, 6) is 0. The number of nitriles is 1. The molecule has 0 aliphatic heterocycles. The number of rotatable bonds is 2. The fraction of sp³-hybridized carbons (Fsp3) is 0.278. The van der Waals surface area contributed by atoms with Gasteiger partial charge in [-0.1, -0.05) is 18.9 Å². The summed E-state index contributed by atoms with van der Waals surface area (Å²) in [7, 11) is 0. The van der Waals surface area contributed by atoms with Crippen LogP contribution < -0.4 is 0 Å². The van der Waals surface area contributed by atoms with Crippen LogP contribution in [0.2, 0.25) is 0 Å². The summed E-state index contributed by atoms with van der Waals surface area (Å²) in [6.45, 7) is 0. The third-order valence-corrected chi connectivity index (χ3v) is 4.65. The highest BCUT2D eigenvalue weighted by Crippen LogP contribution is 2.40. The summed E-state index contributed by atoms with van der Waals surface area (Å²) in [6, 6.07) is 12.5. The van der Waals surface area contributed by atoms with E-state index in [1.807, 2.05) is 36.5 Å². The molecule has 4 heteroatoms. The largest absolute Gasteiger partial charge is 0.346 e. The zero-order valence-corrected chi connectivity index (χ0v) is 12.2. The summed E-state index contributed by atoms with van der Waals surface area (Å²) in [4.78, 5) is 12.3. The molecule has 4 rings (SSSR count). The lowest BCUT2D eigenvalue weighted by molar-refractivity contribution is 0.555. The highest BCUT2D eigenvalue weighted by molar-refractivity contribution is 5.91. The second-order valence-corrected chi connectivity index (χ2v) is 5.91. The van der Waals surface area contributed by atoms with E-state index in [4.69, 9.17) is 4.98 Å². The SMILES string of the molecule is N#CC1(c2cccc(-c3ccnc4[nH]ccc34)n2)CCCC1. The van der Waals surface area contributed by atoms with Gasteiger partial charge in [0.15, 0.2) is 0 Å². The van der Waals surface area contributed by atoms with Gasteiger partial charge in [-0.25, -0.2) is 4.98 Å². The van der Waals surface area contributed by atoms with Gasteiger partial charge in [-0.15, -0.1) is 0 Å². The molecule has 3 aromatic rings. The minimum absolute atomic E-state index is 0.402. The Bertz CT molecular complexity index is 866. The molecule has 0 saturated heterocycles. The smallest absolute Gasteiger partial charge is 0.137 e. The Hall–Kier alpha value is -2.67. The molecule has 0 amide bonds. The van der Waals surface area contributed by atoms with Crippen molar-refractivity contribution in [2.75, 3.05) is 0 Å². The molecule has 1 saturated carbocycles. The van der Waals surface area contributed by atoms with Crippen molar-refractivity contribution in [3.8, 4) is 17.3 Å². The molecule has 1 aliphatic rings. The fourth-order valence-electron chi connectivity index (χ4n) is 3.44. The van der Waals surface area contributed by atoms with Crippen molar-refractivity contribution < 1.29 is 0 Å². The Morgan fingerprint density at radius 3 is 2.82 bits per heavy atom. The number of nitrogens with one attached hydrogen (secondary N) is 1. The van der Waals surface area contributed by atoms with Crippen LogP contribution in [0.3, 0.4) is 0 Å². The zero-order chi connectivity index (χ0) is 15.0. The Labute approximate surface area is 128 Å². The van der Waals surface area contributed by atoms with Crippen molar-refractivity contribution in [1.29, 1.82) is 5.26 Å².